The van der Waals surface area contributed by atoms with E-state index in [-0.39, 0.29) is 23.4 Å². The topological polar surface area (TPSA) is 81.3 Å². The van der Waals surface area contributed by atoms with Gasteiger partial charge in [-0.15, -0.1) is 0 Å². The Bertz CT molecular complexity index is 760. The molecule has 146 valence electrons. The predicted octanol–water partition coefficient (Wildman–Crippen LogP) is 4.60. The van der Waals surface area contributed by atoms with Crippen molar-refractivity contribution in [2.75, 3.05) is 0 Å². The summed E-state index contributed by atoms with van der Waals surface area (Å²) in [6.45, 7) is 4.71. The number of carboxylic acids is 1. The maximum atomic E-state index is 11.2. The zero-order valence-corrected chi connectivity index (χ0v) is 16.5. The average molecular weight is 370 g/mol. The minimum atomic E-state index is -0.904. The zero-order valence-electron chi connectivity index (χ0n) is 16.5. The molecule has 0 amide bonds. The highest BCUT2D eigenvalue weighted by Crippen LogP contribution is 2.66. The number of hydrogen-bond donors (Lipinski definition) is 2. The van der Waals surface area contributed by atoms with E-state index in [0.717, 1.165) is 56.9 Å². The maximum absolute atomic E-state index is 11.2. The summed E-state index contributed by atoms with van der Waals surface area (Å²) in [6, 6.07) is 2.22. The van der Waals surface area contributed by atoms with Gasteiger partial charge in [-0.25, -0.2) is 0 Å². The van der Waals surface area contributed by atoms with Gasteiger partial charge in [-0.05, 0) is 85.5 Å². The highest BCUT2D eigenvalue weighted by Gasteiger charge is 2.57. The van der Waals surface area contributed by atoms with Gasteiger partial charge in [0.1, 0.15) is 0 Å². The van der Waals surface area contributed by atoms with E-state index < -0.39 is 5.97 Å². The normalized spacial score (nSPS) is 45.0. The van der Waals surface area contributed by atoms with Crippen LogP contribution in [0, 0.1) is 39.9 Å². The summed E-state index contributed by atoms with van der Waals surface area (Å²) < 4.78 is 0. The molecule has 3 fully saturated rings. The summed E-state index contributed by atoms with van der Waals surface area (Å²) >= 11 is 0. The molecule has 0 aliphatic heterocycles. The Labute approximate surface area is 162 Å². The van der Waals surface area contributed by atoms with Gasteiger partial charge in [-0.1, -0.05) is 25.5 Å². The van der Waals surface area contributed by atoms with E-state index in [4.69, 9.17) is 0 Å². The number of rotatable bonds is 2. The molecule has 0 radical (unpaired) electrons. The second-order valence-electron chi connectivity index (χ2n) is 9.79. The van der Waals surface area contributed by atoms with Gasteiger partial charge in [-0.2, -0.15) is 5.26 Å². The molecule has 27 heavy (non-hydrogen) atoms. The summed E-state index contributed by atoms with van der Waals surface area (Å²) in [5.41, 5.74) is 3.32. The smallest absolute Gasteiger partial charge is 0.308 e. The largest absolute Gasteiger partial charge is 0.481 e. The summed E-state index contributed by atoms with van der Waals surface area (Å²) in [5.74, 6) is 0.922. The Morgan fingerprint density at radius 1 is 1.22 bits per heavy atom. The monoisotopic (exact) mass is 369 g/mol. The van der Waals surface area contributed by atoms with Crippen molar-refractivity contribution < 1.29 is 15.0 Å². The van der Waals surface area contributed by atoms with E-state index in [0.29, 0.717) is 23.3 Å². The molecular formula is C23H31NO3. The minimum absolute atomic E-state index is 0.0163. The fraction of sp³-hybridized carbons (Fsp3) is 0.739. The molecule has 4 aliphatic rings. The van der Waals surface area contributed by atoms with Crippen LogP contribution in [0.15, 0.2) is 22.8 Å². The van der Waals surface area contributed by atoms with Crippen LogP contribution in [0.5, 0.6) is 0 Å². The predicted molar refractivity (Wildman–Crippen MR) is 103 cm³/mol. The van der Waals surface area contributed by atoms with Crippen molar-refractivity contribution in [1.82, 2.24) is 0 Å². The van der Waals surface area contributed by atoms with Gasteiger partial charge in [0.05, 0.1) is 18.6 Å². The van der Waals surface area contributed by atoms with Gasteiger partial charge in [-0.3, -0.25) is 4.79 Å². The Morgan fingerprint density at radius 3 is 2.63 bits per heavy atom. The van der Waals surface area contributed by atoms with Crippen LogP contribution in [0.2, 0.25) is 0 Å². The van der Waals surface area contributed by atoms with E-state index in [1.54, 1.807) is 0 Å². The molecule has 0 bridgehead atoms. The number of carboxylic acid groups (broad SMARTS) is 1. The number of fused-ring (bicyclic) bond motifs is 5. The first-order chi connectivity index (χ1) is 12.8. The van der Waals surface area contributed by atoms with Crippen molar-refractivity contribution in [1.29, 1.82) is 5.26 Å². The summed E-state index contributed by atoms with van der Waals surface area (Å²) in [4.78, 5) is 11.2. The van der Waals surface area contributed by atoms with Crippen LogP contribution in [0.4, 0.5) is 0 Å². The van der Waals surface area contributed by atoms with Gasteiger partial charge in [0.2, 0.25) is 0 Å². The third kappa shape index (κ3) is 2.78. The van der Waals surface area contributed by atoms with E-state index in [1.807, 2.05) is 0 Å². The van der Waals surface area contributed by atoms with Gasteiger partial charge >= 0.3 is 5.97 Å². The number of aliphatic hydroxyl groups excluding tert-OH is 1. The highest BCUT2D eigenvalue weighted by molar-refractivity contribution is 5.72. The molecule has 0 aromatic rings. The summed E-state index contributed by atoms with van der Waals surface area (Å²) in [6.07, 6.45) is 10.2. The first kappa shape index (κ1) is 18.7. The molecule has 4 rings (SSSR count). The number of nitrogens with zero attached hydrogens (tertiary/aromatic N) is 1. The first-order valence-electron chi connectivity index (χ1n) is 10.5. The van der Waals surface area contributed by atoms with Gasteiger partial charge in [0.25, 0.3) is 0 Å². The lowest BCUT2D eigenvalue weighted by Crippen LogP contribution is -2.49. The Kier molecular flexibility index (Phi) is 4.50. The van der Waals surface area contributed by atoms with Gasteiger partial charge in [0, 0.05) is 5.57 Å². The molecule has 0 aromatic heterocycles. The molecule has 0 aromatic carbocycles. The zero-order chi connectivity index (χ0) is 19.4. The molecule has 4 nitrogen and oxygen atoms in total. The van der Waals surface area contributed by atoms with Crippen LogP contribution < -0.4 is 0 Å². The van der Waals surface area contributed by atoms with E-state index >= 15 is 0 Å². The van der Waals surface area contributed by atoms with E-state index in [1.165, 1.54) is 5.57 Å². The van der Waals surface area contributed by atoms with Crippen molar-refractivity contribution in [2.45, 2.75) is 77.7 Å². The molecule has 0 spiro atoms. The number of nitriles is 1. The van der Waals surface area contributed by atoms with Crippen LogP contribution >= 0.6 is 0 Å². The summed E-state index contributed by atoms with van der Waals surface area (Å²) in [7, 11) is 0. The van der Waals surface area contributed by atoms with Crippen LogP contribution in [0.3, 0.4) is 0 Å². The molecule has 6 atom stereocenters. The Morgan fingerprint density at radius 2 is 1.93 bits per heavy atom. The standard InChI is InChI=1S/C23H31NO3/c1-22-9-7-16(25)12-15(22)3-4-17-19-6-5-18(14(13-24)11-21(26)27)23(19,2)10-8-20(17)22/h3,16-17,19-20,25H,4-12H2,1-2H3,(H,26,27)/b18-14-/t16-,17-,19-,20-,22-,23+/m0/s1. The van der Waals surface area contributed by atoms with Crippen molar-refractivity contribution in [3.63, 3.8) is 0 Å². The van der Waals surface area contributed by atoms with Crippen molar-refractivity contribution in [3.05, 3.63) is 22.8 Å². The molecule has 4 heteroatoms. The Hall–Kier alpha value is -1.60. The van der Waals surface area contributed by atoms with Gasteiger partial charge in [0.15, 0.2) is 0 Å². The second kappa shape index (κ2) is 6.48. The number of hydrogen-bond acceptors (Lipinski definition) is 3. The lowest BCUT2D eigenvalue weighted by atomic mass is 9.47. The van der Waals surface area contributed by atoms with Crippen LogP contribution in [-0.2, 0) is 4.79 Å². The first-order valence-corrected chi connectivity index (χ1v) is 10.5. The van der Waals surface area contributed by atoms with Crippen molar-refractivity contribution >= 4 is 5.97 Å². The maximum Gasteiger partial charge on any atom is 0.308 e. The fourth-order valence-electron chi connectivity index (χ4n) is 7.31. The Balaban J connectivity index is 1.67. The highest BCUT2D eigenvalue weighted by atomic mass is 16.4. The lowest BCUT2D eigenvalue weighted by molar-refractivity contribution is -0.136. The number of allylic oxidation sites excluding steroid dienone is 2. The SMILES string of the molecule is C[C@]12CC[C@H](O)CC1=CC[C@@H]1[C@@H]2CC[C@]2(C)/C(=C(\C#N)CC(=O)O)CC[C@@H]12. The van der Waals surface area contributed by atoms with Crippen LogP contribution in [-0.4, -0.2) is 22.3 Å². The van der Waals surface area contributed by atoms with Crippen LogP contribution in [0.25, 0.3) is 0 Å². The molecule has 4 aliphatic carbocycles. The molecule has 0 saturated heterocycles. The van der Waals surface area contributed by atoms with E-state index in [9.17, 15) is 20.3 Å². The quantitative estimate of drug-likeness (QED) is 0.550. The number of aliphatic carboxylic acids is 1. The average Bonchev–Trinajstić information content (AvgIpc) is 2.97. The van der Waals surface area contributed by atoms with E-state index in [2.05, 4.69) is 26.0 Å². The number of aliphatic hydroxyl groups is 1. The molecule has 0 heterocycles. The fourth-order valence-corrected chi connectivity index (χ4v) is 7.31. The lowest BCUT2D eigenvalue weighted by Gasteiger charge is -2.57. The third-order valence-corrected chi connectivity index (χ3v) is 8.69. The molecular weight excluding hydrogens is 338 g/mol. The van der Waals surface area contributed by atoms with Crippen molar-refractivity contribution in [2.24, 2.45) is 28.6 Å². The molecule has 0 unspecified atom stereocenters. The molecule has 2 N–H and O–H groups in total. The number of carbonyl (C=O) groups is 1. The second-order valence-corrected chi connectivity index (χ2v) is 9.79. The van der Waals surface area contributed by atoms with Crippen molar-refractivity contribution in [3.8, 4) is 6.07 Å². The minimum Gasteiger partial charge on any atom is -0.481 e. The third-order valence-electron chi connectivity index (χ3n) is 8.69. The summed E-state index contributed by atoms with van der Waals surface area (Å²) in [5, 5.41) is 28.9. The van der Waals surface area contributed by atoms with Crippen LogP contribution in [0.1, 0.15) is 71.6 Å². The van der Waals surface area contributed by atoms with Gasteiger partial charge < -0.3 is 10.2 Å². The molecule has 3 saturated carbocycles.